The van der Waals surface area contributed by atoms with Crippen molar-refractivity contribution in [2.45, 2.75) is 16.0 Å². The van der Waals surface area contributed by atoms with Crippen LogP contribution in [0.4, 0.5) is 13.2 Å². The van der Waals surface area contributed by atoms with E-state index in [2.05, 4.69) is 0 Å². The lowest BCUT2D eigenvalue weighted by Crippen LogP contribution is -2.10. The molecule has 27 heavy (non-hydrogen) atoms. The van der Waals surface area contributed by atoms with E-state index < -0.39 is 27.5 Å². The van der Waals surface area contributed by atoms with Gasteiger partial charge in [-0.1, -0.05) is 17.7 Å². The predicted octanol–water partition coefficient (Wildman–Crippen LogP) is 4.71. The molecule has 0 bridgehead atoms. The fourth-order valence-electron chi connectivity index (χ4n) is 2.03. The second-order valence-corrected chi connectivity index (χ2v) is 9.02. The molecule has 4 nitrogen and oxygen atoms in total. The summed E-state index contributed by atoms with van der Waals surface area (Å²) in [5.41, 5.74) is -0.850. The van der Waals surface area contributed by atoms with Crippen molar-refractivity contribution in [2.75, 3.05) is 18.6 Å². The van der Waals surface area contributed by atoms with Crippen LogP contribution in [0.2, 0.25) is 5.02 Å². The topological polar surface area (TPSA) is 60.4 Å². The average Bonchev–Trinajstić information content (AvgIpc) is 2.57. The maximum absolute atomic E-state index is 12.7. The Kier molecular flexibility index (Phi) is 6.82. The molecule has 2 aromatic rings. The molecule has 0 unspecified atom stereocenters. The van der Waals surface area contributed by atoms with E-state index in [4.69, 9.17) is 16.3 Å². The summed E-state index contributed by atoms with van der Waals surface area (Å²) in [6.07, 6.45) is -3.43. The first kappa shape index (κ1) is 21.6. The van der Waals surface area contributed by atoms with Crippen LogP contribution >= 0.6 is 23.4 Å². The number of halogens is 4. The maximum atomic E-state index is 12.7. The standard InChI is InChI=1S/C17H14ClF3O4S2/c1-27(23,24)13-5-6-15(18)14(10-13)16(22)25-7-8-26-12-4-2-3-11(9-12)17(19,20)21/h2-6,9-10H,7-8H2,1H3. The Labute approximate surface area is 163 Å². The van der Waals surface area contributed by atoms with Gasteiger partial charge in [0.25, 0.3) is 0 Å². The van der Waals surface area contributed by atoms with Crippen LogP contribution in [0.1, 0.15) is 15.9 Å². The monoisotopic (exact) mass is 438 g/mol. The number of thioether (sulfide) groups is 1. The first-order valence-electron chi connectivity index (χ1n) is 7.45. The zero-order chi connectivity index (χ0) is 20.2. The van der Waals surface area contributed by atoms with E-state index in [0.717, 1.165) is 36.2 Å². The summed E-state index contributed by atoms with van der Waals surface area (Å²) >= 11 is 7.00. The number of hydrogen-bond acceptors (Lipinski definition) is 5. The van der Waals surface area contributed by atoms with Crippen LogP contribution in [0.25, 0.3) is 0 Å². The number of carbonyl (C=O) groups is 1. The van der Waals surface area contributed by atoms with E-state index in [1.807, 2.05) is 0 Å². The minimum atomic E-state index is -4.43. The van der Waals surface area contributed by atoms with Gasteiger partial charge in [0.05, 0.1) is 21.0 Å². The number of ether oxygens (including phenoxy) is 1. The summed E-state index contributed by atoms with van der Waals surface area (Å²) in [4.78, 5) is 12.4. The average molecular weight is 439 g/mol. The van der Waals surface area contributed by atoms with Gasteiger partial charge in [-0.05, 0) is 36.4 Å². The molecule has 0 aliphatic heterocycles. The number of benzene rings is 2. The van der Waals surface area contributed by atoms with Crippen molar-refractivity contribution in [3.8, 4) is 0 Å². The third-order valence-electron chi connectivity index (χ3n) is 3.33. The second-order valence-electron chi connectivity index (χ2n) is 5.42. The summed E-state index contributed by atoms with van der Waals surface area (Å²) in [5.74, 6) is -0.591. The van der Waals surface area contributed by atoms with Gasteiger partial charge in [-0.15, -0.1) is 11.8 Å². The molecule has 10 heteroatoms. The number of alkyl halides is 3. The molecule has 0 saturated heterocycles. The lowest BCUT2D eigenvalue weighted by Gasteiger charge is -2.09. The number of carbonyl (C=O) groups excluding carboxylic acids is 1. The second kappa shape index (κ2) is 8.53. The molecule has 0 saturated carbocycles. The fraction of sp³-hybridized carbons (Fsp3) is 0.235. The van der Waals surface area contributed by atoms with Gasteiger partial charge in [0.15, 0.2) is 9.84 Å². The summed E-state index contributed by atoms with van der Waals surface area (Å²) in [7, 11) is -3.52. The summed E-state index contributed by atoms with van der Waals surface area (Å²) in [5, 5.41) is 0.0398. The van der Waals surface area contributed by atoms with E-state index in [0.29, 0.717) is 4.90 Å². The lowest BCUT2D eigenvalue weighted by atomic mass is 10.2. The van der Waals surface area contributed by atoms with Crippen LogP contribution in [-0.4, -0.2) is 33.0 Å². The number of rotatable bonds is 6. The van der Waals surface area contributed by atoms with Crippen LogP contribution < -0.4 is 0 Å². The van der Waals surface area contributed by atoms with Crippen LogP contribution in [-0.2, 0) is 20.8 Å². The Morgan fingerprint density at radius 3 is 2.52 bits per heavy atom. The van der Waals surface area contributed by atoms with E-state index in [-0.39, 0.29) is 27.8 Å². The summed E-state index contributed by atoms with van der Waals surface area (Å²) in [6.45, 7) is -0.0841. The number of esters is 1. The number of hydrogen-bond donors (Lipinski definition) is 0. The third-order valence-corrected chi connectivity index (χ3v) is 5.73. The molecule has 146 valence electrons. The normalized spacial score (nSPS) is 12.0. The molecule has 0 fully saturated rings. The van der Waals surface area contributed by atoms with E-state index in [1.54, 1.807) is 0 Å². The van der Waals surface area contributed by atoms with Gasteiger partial charge < -0.3 is 4.74 Å². The van der Waals surface area contributed by atoms with E-state index >= 15 is 0 Å². The van der Waals surface area contributed by atoms with Crippen molar-refractivity contribution >= 4 is 39.2 Å². The fourth-order valence-corrected chi connectivity index (χ4v) is 3.65. The Hall–Kier alpha value is -1.71. The highest BCUT2D eigenvalue weighted by Gasteiger charge is 2.30. The molecule has 0 N–H and O–H groups in total. The highest BCUT2D eigenvalue weighted by molar-refractivity contribution is 7.99. The summed E-state index contributed by atoms with van der Waals surface area (Å²) < 4.78 is 66.2. The molecule has 0 spiro atoms. The maximum Gasteiger partial charge on any atom is 0.416 e. The Bertz CT molecular complexity index is 943. The van der Waals surface area contributed by atoms with Crippen LogP contribution in [0, 0.1) is 0 Å². The SMILES string of the molecule is CS(=O)(=O)c1ccc(Cl)c(C(=O)OCCSc2cccc(C(F)(F)F)c2)c1. The lowest BCUT2D eigenvalue weighted by molar-refractivity contribution is -0.137. The predicted molar refractivity (Wildman–Crippen MR) is 97.0 cm³/mol. The molecule has 0 heterocycles. The molecule has 0 aliphatic rings. The molecule has 0 radical (unpaired) electrons. The van der Waals surface area contributed by atoms with Gasteiger partial charge in [-0.2, -0.15) is 13.2 Å². The largest absolute Gasteiger partial charge is 0.461 e. The van der Waals surface area contributed by atoms with Gasteiger partial charge in [0, 0.05) is 16.9 Å². The zero-order valence-electron chi connectivity index (χ0n) is 13.9. The Morgan fingerprint density at radius 2 is 1.89 bits per heavy atom. The smallest absolute Gasteiger partial charge is 0.416 e. The minimum Gasteiger partial charge on any atom is -0.461 e. The van der Waals surface area contributed by atoms with Crippen molar-refractivity contribution < 1.29 is 31.1 Å². The first-order valence-corrected chi connectivity index (χ1v) is 10.7. The quantitative estimate of drug-likeness (QED) is 0.371. The van der Waals surface area contributed by atoms with Gasteiger partial charge in [0.1, 0.15) is 6.61 Å². The molecule has 0 amide bonds. The van der Waals surface area contributed by atoms with Gasteiger partial charge in [-0.3, -0.25) is 0 Å². The summed E-state index contributed by atoms with van der Waals surface area (Å²) in [6, 6.07) is 8.49. The van der Waals surface area contributed by atoms with Gasteiger partial charge in [-0.25, -0.2) is 13.2 Å². The van der Waals surface area contributed by atoms with Crippen LogP contribution in [0.5, 0.6) is 0 Å². The van der Waals surface area contributed by atoms with E-state index in [9.17, 15) is 26.4 Å². The van der Waals surface area contributed by atoms with Gasteiger partial charge >= 0.3 is 12.1 Å². The Balaban J connectivity index is 1.96. The minimum absolute atomic E-state index is 0.0398. The molecular formula is C17H14ClF3O4S2. The van der Waals surface area contributed by atoms with Crippen molar-refractivity contribution in [2.24, 2.45) is 0 Å². The van der Waals surface area contributed by atoms with Crippen molar-refractivity contribution in [1.29, 1.82) is 0 Å². The molecule has 0 aromatic heterocycles. The molecule has 2 aromatic carbocycles. The van der Waals surface area contributed by atoms with Crippen LogP contribution in [0.3, 0.4) is 0 Å². The molecule has 2 rings (SSSR count). The van der Waals surface area contributed by atoms with Crippen molar-refractivity contribution in [3.05, 3.63) is 58.6 Å². The number of sulfone groups is 1. The van der Waals surface area contributed by atoms with Crippen LogP contribution in [0.15, 0.2) is 52.3 Å². The molecular weight excluding hydrogens is 425 g/mol. The van der Waals surface area contributed by atoms with Crippen molar-refractivity contribution in [3.63, 3.8) is 0 Å². The van der Waals surface area contributed by atoms with E-state index in [1.165, 1.54) is 24.3 Å². The highest BCUT2D eigenvalue weighted by atomic mass is 35.5. The van der Waals surface area contributed by atoms with Gasteiger partial charge in [0.2, 0.25) is 0 Å². The Morgan fingerprint density at radius 1 is 1.19 bits per heavy atom. The molecule has 0 aliphatic carbocycles. The van der Waals surface area contributed by atoms with Crippen molar-refractivity contribution in [1.82, 2.24) is 0 Å². The first-order chi connectivity index (χ1) is 12.5. The molecule has 0 atom stereocenters. The zero-order valence-corrected chi connectivity index (χ0v) is 16.3. The highest BCUT2D eigenvalue weighted by Crippen LogP contribution is 2.31. The third kappa shape index (κ3) is 6.15.